The molecular formula is C13H20Cl2FN3O. The van der Waals surface area contributed by atoms with E-state index in [1.807, 2.05) is 0 Å². The number of nitrogens with zero attached hydrogens (tertiary/aromatic N) is 2. The second kappa shape index (κ2) is 8.39. The van der Waals surface area contributed by atoms with Gasteiger partial charge in [0.25, 0.3) is 5.91 Å². The summed E-state index contributed by atoms with van der Waals surface area (Å²) in [5.74, 6) is -0.293. The Morgan fingerprint density at radius 2 is 2.25 bits per heavy atom. The lowest BCUT2D eigenvalue weighted by Gasteiger charge is -2.38. The highest BCUT2D eigenvalue weighted by molar-refractivity contribution is 5.94. The topological polar surface area (TPSA) is 59.2 Å². The molecule has 0 aromatic carbocycles. The molecule has 0 bridgehead atoms. The monoisotopic (exact) mass is 323 g/mol. The smallest absolute Gasteiger partial charge is 0.257 e. The van der Waals surface area contributed by atoms with Crippen molar-refractivity contribution >= 4 is 30.7 Å². The molecule has 0 radical (unpaired) electrons. The SMILES string of the molecule is CC1CCN(C(=O)c2ccncc2F)C(CN)C1.Cl.Cl. The number of halogens is 3. The van der Waals surface area contributed by atoms with E-state index in [1.165, 1.54) is 12.3 Å². The largest absolute Gasteiger partial charge is 0.334 e. The molecule has 1 aromatic heterocycles. The third-order valence-corrected chi connectivity index (χ3v) is 3.51. The quantitative estimate of drug-likeness (QED) is 0.908. The summed E-state index contributed by atoms with van der Waals surface area (Å²) in [6, 6.07) is 1.43. The van der Waals surface area contributed by atoms with Crippen LogP contribution in [0.4, 0.5) is 4.39 Å². The minimum Gasteiger partial charge on any atom is -0.334 e. The van der Waals surface area contributed by atoms with Crippen LogP contribution in [0.15, 0.2) is 18.5 Å². The Labute approximate surface area is 130 Å². The van der Waals surface area contributed by atoms with Gasteiger partial charge in [-0.2, -0.15) is 0 Å². The van der Waals surface area contributed by atoms with Crippen molar-refractivity contribution in [2.24, 2.45) is 11.7 Å². The van der Waals surface area contributed by atoms with Crippen molar-refractivity contribution in [3.63, 3.8) is 0 Å². The summed E-state index contributed by atoms with van der Waals surface area (Å²) in [7, 11) is 0. The molecule has 2 N–H and O–H groups in total. The zero-order chi connectivity index (χ0) is 13.1. The van der Waals surface area contributed by atoms with Crippen LogP contribution in [0.1, 0.15) is 30.1 Å². The molecule has 114 valence electrons. The van der Waals surface area contributed by atoms with Crippen molar-refractivity contribution in [1.82, 2.24) is 9.88 Å². The molecule has 1 aliphatic rings. The molecule has 1 fully saturated rings. The van der Waals surface area contributed by atoms with Gasteiger partial charge >= 0.3 is 0 Å². The molecule has 1 saturated heterocycles. The summed E-state index contributed by atoms with van der Waals surface area (Å²) in [6.07, 6.45) is 4.32. The van der Waals surface area contributed by atoms with Crippen LogP contribution < -0.4 is 5.73 Å². The Kier molecular flexibility index (Phi) is 8.01. The fourth-order valence-corrected chi connectivity index (χ4v) is 2.45. The number of piperidine rings is 1. The van der Waals surface area contributed by atoms with E-state index >= 15 is 0 Å². The van der Waals surface area contributed by atoms with Crippen LogP contribution in [0.25, 0.3) is 0 Å². The van der Waals surface area contributed by atoms with Gasteiger partial charge in [0.15, 0.2) is 5.82 Å². The number of nitrogens with two attached hydrogens (primary N) is 1. The Hall–Kier alpha value is -0.910. The Morgan fingerprint density at radius 1 is 1.55 bits per heavy atom. The predicted octanol–water partition coefficient (Wildman–Crippen LogP) is 2.26. The van der Waals surface area contributed by atoms with Crippen LogP contribution >= 0.6 is 24.8 Å². The first-order chi connectivity index (χ1) is 8.63. The Bertz CT molecular complexity index is 447. The summed E-state index contributed by atoms with van der Waals surface area (Å²) in [5, 5.41) is 0. The second-order valence-electron chi connectivity index (χ2n) is 4.87. The predicted molar refractivity (Wildman–Crippen MR) is 81.0 cm³/mol. The molecular weight excluding hydrogens is 304 g/mol. The van der Waals surface area contributed by atoms with E-state index in [2.05, 4.69) is 11.9 Å². The molecule has 1 amide bonds. The van der Waals surface area contributed by atoms with Crippen molar-refractivity contribution in [1.29, 1.82) is 0 Å². The minimum atomic E-state index is -0.572. The summed E-state index contributed by atoms with van der Waals surface area (Å²) in [5.41, 5.74) is 5.79. The second-order valence-corrected chi connectivity index (χ2v) is 4.87. The third-order valence-electron chi connectivity index (χ3n) is 3.51. The number of hydrogen-bond donors (Lipinski definition) is 1. The first-order valence-electron chi connectivity index (χ1n) is 6.24. The van der Waals surface area contributed by atoms with Crippen LogP contribution in [-0.4, -0.2) is 34.9 Å². The molecule has 0 saturated carbocycles. The van der Waals surface area contributed by atoms with Crippen LogP contribution in [0.3, 0.4) is 0 Å². The molecule has 1 aromatic rings. The highest BCUT2D eigenvalue weighted by Crippen LogP contribution is 2.24. The summed E-state index contributed by atoms with van der Waals surface area (Å²) >= 11 is 0. The summed E-state index contributed by atoms with van der Waals surface area (Å²) < 4.78 is 13.6. The van der Waals surface area contributed by atoms with Gasteiger partial charge in [-0.1, -0.05) is 6.92 Å². The maximum atomic E-state index is 13.6. The highest BCUT2D eigenvalue weighted by atomic mass is 35.5. The number of likely N-dealkylation sites (tertiary alicyclic amines) is 1. The van der Waals surface area contributed by atoms with Gasteiger partial charge in [-0.15, -0.1) is 24.8 Å². The normalized spacial score (nSPS) is 21.6. The van der Waals surface area contributed by atoms with Gasteiger partial charge in [0.1, 0.15) is 0 Å². The fraction of sp³-hybridized carbons (Fsp3) is 0.538. The number of carbonyl (C=O) groups is 1. The van der Waals surface area contributed by atoms with Gasteiger partial charge in [0, 0.05) is 25.3 Å². The van der Waals surface area contributed by atoms with E-state index in [0.717, 1.165) is 19.0 Å². The zero-order valence-corrected chi connectivity index (χ0v) is 12.9. The first-order valence-corrected chi connectivity index (χ1v) is 6.24. The van der Waals surface area contributed by atoms with Crippen molar-refractivity contribution in [2.75, 3.05) is 13.1 Å². The molecule has 2 heterocycles. The van der Waals surface area contributed by atoms with E-state index < -0.39 is 5.82 Å². The molecule has 20 heavy (non-hydrogen) atoms. The molecule has 1 aliphatic heterocycles. The summed E-state index contributed by atoms with van der Waals surface area (Å²) in [4.78, 5) is 17.6. The maximum Gasteiger partial charge on any atom is 0.257 e. The van der Waals surface area contributed by atoms with Gasteiger partial charge in [-0.25, -0.2) is 4.39 Å². The Balaban J connectivity index is 0.00000180. The van der Waals surface area contributed by atoms with Gasteiger partial charge in [-0.05, 0) is 24.8 Å². The van der Waals surface area contributed by atoms with Crippen molar-refractivity contribution in [3.8, 4) is 0 Å². The molecule has 4 nitrogen and oxygen atoms in total. The van der Waals surface area contributed by atoms with Crippen molar-refractivity contribution < 1.29 is 9.18 Å². The minimum absolute atomic E-state index is 0. The number of carbonyl (C=O) groups excluding carboxylic acids is 1. The standard InChI is InChI=1S/C13H18FN3O.2ClH/c1-9-3-5-17(10(6-9)7-15)13(18)11-2-4-16-8-12(11)14;;/h2,4,8-10H,3,5-7,15H2,1H3;2*1H. The van der Waals surface area contributed by atoms with Crippen molar-refractivity contribution in [3.05, 3.63) is 29.8 Å². The average molecular weight is 324 g/mol. The maximum absolute atomic E-state index is 13.6. The molecule has 7 heteroatoms. The molecule has 2 rings (SSSR count). The first kappa shape index (κ1) is 19.1. The van der Waals surface area contributed by atoms with Crippen LogP contribution in [-0.2, 0) is 0 Å². The summed E-state index contributed by atoms with van der Waals surface area (Å²) in [6.45, 7) is 3.21. The molecule has 0 spiro atoms. The third kappa shape index (κ3) is 4.04. The zero-order valence-electron chi connectivity index (χ0n) is 11.3. The van der Waals surface area contributed by atoms with E-state index in [4.69, 9.17) is 5.73 Å². The number of aromatic nitrogens is 1. The molecule has 0 aliphatic carbocycles. The van der Waals surface area contributed by atoms with Crippen LogP contribution in [0.2, 0.25) is 0 Å². The lowest BCUT2D eigenvalue weighted by molar-refractivity contribution is 0.0569. The average Bonchev–Trinajstić information content (AvgIpc) is 2.38. The van der Waals surface area contributed by atoms with E-state index in [9.17, 15) is 9.18 Å². The fourth-order valence-electron chi connectivity index (χ4n) is 2.45. The number of hydrogen-bond acceptors (Lipinski definition) is 3. The van der Waals surface area contributed by atoms with Crippen LogP contribution in [0.5, 0.6) is 0 Å². The number of amides is 1. The van der Waals surface area contributed by atoms with Gasteiger partial charge < -0.3 is 10.6 Å². The molecule has 2 atom stereocenters. The van der Waals surface area contributed by atoms with E-state index in [0.29, 0.717) is 19.0 Å². The Morgan fingerprint density at radius 3 is 2.85 bits per heavy atom. The van der Waals surface area contributed by atoms with Gasteiger partial charge in [0.2, 0.25) is 0 Å². The highest BCUT2D eigenvalue weighted by Gasteiger charge is 2.30. The number of pyridine rings is 1. The van der Waals surface area contributed by atoms with E-state index in [-0.39, 0.29) is 42.3 Å². The lowest BCUT2D eigenvalue weighted by Crippen LogP contribution is -2.49. The van der Waals surface area contributed by atoms with E-state index in [1.54, 1.807) is 4.90 Å². The van der Waals surface area contributed by atoms with Crippen LogP contribution in [0, 0.1) is 11.7 Å². The molecule has 2 unspecified atom stereocenters. The van der Waals surface area contributed by atoms with Gasteiger partial charge in [0.05, 0.1) is 11.8 Å². The lowest BCUT2D eigenvalue weighted by atomic mass is 9.92. The number of rotatable bonds is 2. The van der Waals surface area contributed by atoms with Crippen molar-refractivity contribution in [2.45, 2.75) is 25.8 Å². The van der Waals surface area contributed by atoms with Gasteiger partial charge in [-0.3, -0.25) is 9.78 Å².